The molecule has 0 unspecified atom stereocenters. The van der Waals surface area contributed by atoms with Crippen molar-refractivity contribution in [3.8, 4) is 0 Å². The predicted octanol–water partition coefficient (Wildman–Crippen LogP) is 3.36. The van der Waals surface area contributed by atoms with Gasteiger partial charge in [0.1, 0.15) is 5.82 Å². The SMILES string of the molecule is CSc1nnc(Sc2ccc(F)cc2C=O)s1. The molecule has 1 aromatic carbocycles. The van der Waals surface area contributed by atoms with E-state index in [-0.39, 0.29) is 0 Å². The number of nitrogens with zero attached hydrogens (tertiary/aromatic N) is 2. The maximum absolute atomic E-state index is 12.9. The van der Waals surface area contributed by atoms with Crippen LogP contribution in [0.2, 0.25) is 0 Å². The van der Waals surface area contributed by atoms with Crippen molar-refractivity contribution in [2.24, 2.45) is 0 Å². The lowest BCUT2D eigenvalue weighted by Gasteiger charge is -2.00. The van der Waals surface area contributed by atoms with Crippen molar-refractivity contribution in [3.05, 3.63) is 29.6 Å². The highest BCUT2D eigenvalue weighted by Gasteiger charge is 2.09. The van der Waals surface area contributed by atoms with E-state index in [1.807, 2.05) is 6.26 Å². The third kappa shape index (κ3) is 3.05. The molecule has 0 amide bonds. The number of hydrogen-bond donors (Lipinski definition) is 0. The summed E-state index contributed by atoms with van der Waals surface area (Å²) in [4.78, 5) is 11.5. The summed E-state index contributed by atoms with van der Waals surface area (Å²) in [7, 11) is 0. The molecule has 0 aliphatic carbocycles. The minimum Gasteiger partial charge on any atom is -0.298 e. The summed E-state index contributed by atoms with van der Waals surface area (Å²) in [5, 5.41) is 7.93. The van der Waals surface area contributed by atoms with Crippen molar-refractivity contribution in [1.82, 2.24) is 10.2 Å². The van der Waals surface area contributed by atoms with E-state index in [2.05, 4.69) is 10.2 Å². The van der Waals surface area contributed by atoms with Gasteiger partial charge in [0, 0.05) is 10.5 Å². The molecule has 88 valence electrons. The predicted molar refractivity (Wildman–Crippen MR) is 67.6 cm³/mol. The van der Waals surface area contributed by atoms with E-state index in [0.29, 0.717) is 16.7 Å². The van der Waals surface area contributed by atoms with Gasteiger partial charge >= 0.3 is 0 Å². The van der Waals surface area contributed by atoms with E-state index < -0.39 is 5.82 Å². The largest absolute Gasteiger partial charge is 0.298 e. The molecule has 0 saturated heterocycles. The Balaban J connectivity index is 2.26. The highest BCUT2D eigenvalue weighted by molar-refractivity contribution is 8.03. The van der Waals surface area contributed by atoms with Crippen LogP contribution in [0.25, 0.3) is 0 Å². The van der Waals surface area contributed by atoms with Crippen LogP contribution in [-0.2, 0) is 0 Å². The summed E-state index contributed by atoms with van der Waals surface area (Å²) in [5.41, 5.74) is 0.330. The lowest BCUT2D eigenvalue weighted by molar-refractivity contribution is 0.112. The first-order valence-corrected chi connectivity index (χ1v) is 7.39. The lowest BCUT2D eigenvalue weighted by Crippen LogP contribution is -1.87. The van der Waals surface area contributed by atoms with Crippen LogP contribution < -0.4 is 0 Å². The number of aromatic nitrogens is 2. The number of carbonyl (C=O) groups excluding carboxylic acids is 1. The smallest absolute Gasteiger partial charge is 0.179 e. The van der Waals surface area contributed by atoms with Crippen molar-refractivity contribution in [3.63, 3.8) is 0 Å². The van der Waals surface area contributed by atoms with Gasteiger partial charge in [0.25, 0.3) is 0 Å². The summed E-state index contributed by atoms with van der Waals surface area (Å²) >= 11 is 4.28. The first-order chi connectivity index (χ1) is 8.22. The van der Waals surface area contributed by atoms with Gasteiger partial charge in [-0.2, -0.15) is 0 Å². The van der Waals surface area contributed by atoms with E-state index in [4.69, 9.17) is 0 Å². The van der Waals surface area contributed by atoms with Gasteiger partial charge in [0.2, 0.25) is 0 Å². The highest BCUT2D eigenvalue weighted by atomic mass is 32.2. The number of thioether (sulfide) groups is 1. The van der Waals surface area contributed by atoms with Gasteiger partial charge in [-0.1, -0.05) is 34.9 Å². The molecule has 7 heteroatoms. The molecule has 1 heterocycles. The van der Waals surface area contributed by atoms with Crippen molar-refractivity contribution in [1.29, 1.82) is 0 Å². The Hall–Kier alpha value is -0.920. The molecule has 0 fully saturated rings. The van der Waals surface area contributed by atoms with Crippen LogP contribution in [0.3, 0.4) is 0 Å². The molecule has 0 spiro atoms. The van der Waals surface area contributed by atoms with Crippen molar-refractivity contribution in [2.45, 2.75) is 13.6 Å². The third-order valence-electron chi connectivity index (χ3n) is 1.86. The molecule has 0 saturated carbocycles. The maximum Gasteiger partial charge on any atom is 0.179 e. The van der Waals surface area contributed by atoms with E-state index >= 15 is 0 Å². The van der Waals surface area contributed by atoms with E-state index in [1.165, 1.54) is 47.0 Å². The molecule has 0 aliphatic heterocycles. The second kappa shape index (κ2) is 5.61. The Kier molecular flexibility index (Phi) is 4.14. The summed E-state index contributed by atoms with van der Waals surface area (Å²) in [6.07, 6.45) is 2.56. The maximum atomic E-state index is 12.9. The molecular formula is C10H7FN2OS3. The summed E-state index contributed by atoms with van der Waals surface area (Å²) in [5.74, 6) is -0.418. The molecule has 0 aliphatic rings. The molecule has 0 radical (unpaired) electrons. The third-order valence-corrected chi connectivity index (χ3v) is 4.90. The van der Waals surface area contributed by atoms with Crippen LogP contribution in [0, 0.1) is 5.82 Å². The molecule has 0 bridgehead atoms. The zero-order valence-corrected chi connectivity index (χ0v) is 11.2. The fourth-order valence-corrected chi connectivity index (χ4v) is 3.59. The van der Waals surface area contributed by atoms with Crippen LogP contribution in [0.1, 0.15) is 10.4 Å². The van der Waals surface area contributed by atoms with Gasteiger partial charge in [-0.05, 0) is 24.5 Å². The Bertz CT molecular complexity index is 544. The molecule has 1 aromatic heterocycles. The van der Waals surface area contributed by atoms with Crippen LogP contribution in [0.5, 0.6) is 0 Å². The van der Waals surface area contributed by atoms with Crippen LogP contribution >= 0.6 is 34.9 Å². The van der Waals surface area contributed by atoms with E-state index in [0.717, 1.165) is 8.68 Å². The highest BCUT2D eigenvalue weighted by Crippen LogP contribution is 2.34. The first-order valence-electron chi connectivity index (χ1n) is 4.53. The van der Waals surface area contributed by atoms with Crippen LogP contribution in [0.15, 0.2) is 31.8 Å². The minimum atomic E-state index is -0.418. The average Bonchev–Trinajstić information content (AvgIpc) is 2.79. The van der Waals surface area contributed by atoms with Crippen LogP contribution in [0.4, 0.5) is 4.39 Å². The van der Waals surface area contributed by atoms with E-state index in [1.54, 1.807) is 6.07 Å². The first kappa shape index (κ1) is 12.5. The molecule has 2 aromatic rings. The number of halogens is 1. The van der Waals surface area contributed by atoms with Crippen LogP contribution in [-0.4, -0.2) is 22.7 Å². The fraction of sp³-hybridized carbons (Fsp3) is 0.100. The number of carbonyl (C=O) groups is 1. The summed E-state index contributed by atoms with van der Waals surface area (Å²) in [6.45, 7) is 0. The topological polar surface area (TPSA) is 42.9 Å². The quantitative estimate of drug-likeness (QED) is 0.637. The second-order valence-electron chi connectivity index (χ2n) is 2.94. The molecule has 3 nitrogen and oxygen atoms in total. The molecule has 17 heavy (non-hydrogen) atoms. The normalized spacial score (nSPS) is 10.5. The van der Waals surface area contributed by atoms with Crippen molar-refractivity contribution >= 4 is 41.1 Å². The van der Waals surface area contributed by atoms with E-state index in [9.17, 15) is 9.18 Å². The van der Waals surface area contributed by atoms with Crippen molar-refractivity contribution < 1.29 is 9.18 Å². The zero-order valence-electron chi connectivity index (χ0n) is 8.71. The minimum absolute atomic E-state index is 0.330. The van der Waals surface area contributed by atoms with Gasteiger partial charge in [0.15, 0.2) is 15.0 Å². The average molecular weight is 286 g/mol. The fourth-order valence-electron chi connectivity index (χ4n) is 1.12. The Labute approximate surface area is 110 Å². The Morgan fingerprint density at radius 1 is 1.35 bits per heavy atom. The Morgan fingerprint density at radius 3 is 2.76 bits per heavy atom. The number of benzene rings is 1. The van der Waals surface area contributed by atoms with Gasteiger partial charge in [-0.15, -0.1) is 10.2 Å². The molecule has 0 atom stereocenters. The van der Waals surface area contributed by atoms with Gasteiger partial charge < -0.3 is 0 Å². The zero-order chi connectivity index (χ0) is 12.3. The standard InChI is InChI=1S/C10H7FN2OS3/c1-15-9-12-13-10(17-9)16-8-3-2-7(11)4-6(8)5-14/h2-5H,1H3. The molecule has 2 rings (SSSR count). The second-order valence-corrected chi connectivity index (χ2v) is 6.26. The lowest BCUT2D eigenvalue weighted by atomic mass is 10.2. The van der Waals surface area contributed by atoms with Gasteiger partial charge in [0.05, 0.1) is 0 Å². The number of hydrogen-bond acceptors (Lipinski definition) is 6. The molecule has 0 N–H and O–H groups in total. The number of rotatable bonds is 4. The van der Waals surface area contributed by atoms with Crippen molar-refractivity contribution in [2.75, 3.05) is 6.26 Å². The summed E-state index contributed by atoms with van der Waals surface area (Å²) in [6, 6.07) is 4.11. The monoisotopic (exact) mass is 286 g/mol. The number of aldehydes is 1. The molecular weight excluding hydrogens is 279 g/mol. The Morgan fingerprint density at radius 2 is 2.12 bits per heavy atom. The summed E-state index contributed by atoms with van der Waals surface area (Å²) < 4.78 is 14.5. The van der Waals surface area contributed by atoms with Gasteiger partial charge in [-0.25, -0.2) is 4.39 Å². The van der Waals surface area contributed by atoms with Gasteiger partial charge in [-0.3, -0.25) is 4.79 Å².